The van der Waals surface area contributed by atoms with Crippen molar-refractivity contribution in [2.45, 2.75) is 50.4 Å². The molecule has 9 heteroatoms. The fraction of sp³-hybridized carbons (Fsp3) is 0.295. The van der Waals surface area contributed by atoms with Gasteiger partial charge in [0, 0.05) is 34.3 Å². The Morgan fingerprint density at radius 2 is 1.25 bits per heavy atom. The van der Waals surface area contributed by atoms with E-state index in [4.69, 9.17) is 37.4 Å². The number of aliphatic hydroxyl groups excluding tert-OH is 2. The maximum absolute atomic E-state index is 14.5. The van der Waals surface area contributed by atoms with Gasteiger partial charge in [0.1, 0.15) is 11.2 Å². The maximum Gasteiger partial charge on any atom is 0.331 e. The lowest BCUT2D eigenvalue weighted by Gasteiger charge is -2.33. The molecule has 1 unspecified atom stereocenters. The van der Waals surface area contributed by atoms with Gasteiger partial charge in [0.15, 0.2) is 0 Å². The van der Waals surface area contributed by atoms with Crippen LogP contribution in [0.5, 0.6) is 5.75 Å². The van der Waals surface area contributed by atoms with E-state index in [0.717, 1.165) is 54.5 Å². The van der Waals surface area contributed by atoms with Crippen LogP contribution < -0.4 is 10.1 Å². The Morgan fingerprint density at radius 1 is 0.679 bits per heavy atom. The van der Waals surface area contributed by atoms with Gasteiger partial charge >= 0.3 is 5.97 Å². The Kier molecular flexibility index (Phi) is 15.9. The van der Waals surface area contributed by atoms with Crippen LogP contribution in [-0.2, 0) is 32.9 Å². The van der Waals surface area contributed by atoms with Gasteiger partial charge in [-0.3, -0.25) is 0 Å². The molecule has 0 aliphatic heterocycles. The van der Waals surface area contributed by atoms with Crippen LogP contribution >= 0.6 is 23.2 Å². The fourth-order valence-electron chi connectivity index (χ4n) is 6.35. The van der Waals surface area contributed by atoms with Crippen molar-refractivity contribution in [3.8, 4) is 5.75 Å². The molecule has 0 saturated heterocycles. The predicted octanol–water partition coefficient (Wildman–Crippen LogP) is 8.84. The molecule has 0 aromatic heterocycles. The molecule has 5 aromatic rings. The molecule has 3 N–H and O–H groups in total. The Hall–Kier alpha value is -4.05. The first-order chi connectivity index (χ1) is 25.9. The second kappa shape index (κ2) is 21.0. The van der Waals surface area contributed by atoms with E-state index in [1.54, 1.807) is 30.3 Å². The quantitative estimate of drug-likeness (QED) is 0.0298. The fourth-order valence-corrected chi connectivity index (χ4v) is 6.86. The van der Waals surface area contributed by atoms with Crippen LogP contribution in [0, 0.1) is 0 Å². The normalized spacial score (nSPS) is 12.1. The van der Waals surface area contributed by atoms with Gasteiger partial charge in [-0.25, -0.2) is 4.79 Å². The van der Waals surface area contributed by atoms with Crippen molar-refractivity contribution in [2.24, 2.45) is 0 Å². The number of esters is 1. The molecule has 0 amide bonds. The standard InChI is InChI=1S/C44H47Cl2NO6/c45-39-21-14-22-40(46)38(39)32-52-28-27-51-26-13-2-1-12-25-47-30-41(49)33-23-24-42(34(29-33)31-48)53-43(50)44(35-15-6-3-7-16-35,36-17-8-4-9-18-36)37-19-10-5-11-20-37/h3-11,14-24,29,41,47-49H,1-2,12-13,25-28,30-32H2. The predicted molar refractivity (Wildman–Crippen MR) is 210 cm³/mol. The summed E-state index contributed by atoms with van der Waals surface area (Å²) in [4.78, 5) is 14.5. The summed E-state index contributed by atoms with van der Waals surface area (Å²) in [6.07, 6.45) is 3.21. The highest BCUT2D eigenvalue weighted by Crippen LogP contribution is 2.41. The molecule has 0 heterocycles. The lowest BCUT2D eigenvalue weighted by molar-refractivity contribution is -0.138. The number of hydrogen-bond acceptors (Lipinski definition) is 7. The van der Waals surface area contributed by atoms with E-state index < -0.39 is 17.5 Å². The molecule has 0 aliphatic carbocycles. The third-order valence-electron chi connectivity index (χ3n) is 9.18. The molecule has 0 aliphatic rings. The van der Waals surface area contributed by atoms with Crippen molar-refractivity contribution in [1.29, 1.82) is 0 Å². The van der Waals surface area contributed by atoms with Gasteiger partial charge in [-0.1, -0.05) is 139 Å². The van der Waals surface area contributed by atoms with E-state index in [-0.39, 0.29) is 12.4 Å². The summed E-state index contributed by atoms with van der Waals surface area (Å²) in [7, 11) is 0. The minimum atomic E-state index is -1.27. The van der Waals surface area contributed by atoms with Crippen LogP contribution in [0.15, 0.2) is 127 Å². The van der Waals surface area contributed by atoms with Gasteiger partial charge in [-0.2, -0.15) is 0 Å². The van der Waals surface area contributed by atoms with Gasteiger partial charge < -0.3 is 29.7 Å². The van der Waals surface area contributed by atoms with Crippen LogP contribution in [0.4, 0.5) is 0 Å². The highest BCUT2D eigenvalue weighted by Gasteiger charge is 2.45. The minimum Gasteiger partial charge on any atom is -0.425 e. The number of unbranched alkanes of at least 4 members (excludes halogenated alkanes) is 3. The Bertz CT molecular complexity index is 1720. The Balaban J connectivity index is 1.08. The van der Waals surface area contributed by atoms with Crippen molar-refractivity contribution < 1.29 is 29.2 Å². The third kappa shape index (κ3) is 10.8. The minimum absolute atomic E-state index is 0.243. The first-order valence-corrected chi connectivity index (χ1v) is 18.8. The van der Waals surface area contributed by atoms with Crippen molar-refractivity contribution in [2.75, 3.05) is 32.9 Å². The summed E-state index contributed by atoms with van der Waals surface area (Å²) in [5.41, 5.74) is 2.84. The largest absolute Gasteiger partial charge is 0.425 e. The number of nitrogens with one attached hydrogen (secondary N) is 1. The van der Waals surface area contributed by atoms with Crippen LogP contribution in [0.1, 0.15) is 65.2 Å². The van der Waals surface area contributed by atoms with Crippen LogP contribution in [0.2, 0.25) is 10.0 Å². The molecule has 1 atom stereocenters. The second-order valence-corrected chi connectivity index (χ2v) is 13.6. The van der Waals surface area contributed by atoms with Crippen molar-refractivity contribution in [1.82, 2.24) is 5.32 Å². The number of ether oxygens (including phenoxy) is 3. The monoisotopic (exact) mass is 755 g/mol. The molecule has 0 fully saturated rings. The van der Waals surface area contributed by atoms with Gasteiger partial charge in [0.25, 0.3) is 0 Å². The lowest BCUT2D eigenvalue weighted by Crippen LogP contribution is -2.41. The molecule has 5 rings (SSSR count). The summed E-state index contributed by atoms with van der Waals surface area (Å²) >= 11 is 12.3. The number of carbonyl (C=O) groups is 1. The zero-order valence-corrected chi connectivity index (χ0v) is 31.3. The van der Waals surface area contributed by atoms with Crippen LogP contribution in [0.25, 0.3) is 0 Å². The van der Waals surface area contributed by atoms with E-state index in [0.29, 0.717) is 54.1 Å². The Morgan fingerprint density at radius 3 is 1.83 bits per heavy atom. The zero-order chi connectivity index (χ0) is 37.3. The Labute approximate surface area is 322 Å². The molecule has 278 valence electrons. The summed E-state index contributed by atoms with van der Waals surface area (Å²) < 4.78 is 17.5. The molecule has 0 radical (unpaired) electrons. The van der Waals surface area contributed by atoms with E-state index in [2.05, 4.69) is 5.32 Å². The molecule has 0 saturated carbocycles. The summed E-state index contributed by atoms with van der Waals surface area (Å²) in [6, 6.07) is 39.2. The maximum atomic E-state index is 14.5. The average Bonchev–Trinajstić information content (AvgIpc) is 3.19. The molecular formula is C44H47Cl2NO6. The van der Waals surface area contributed by atoms with E-state index in [1.807, 2.05) is 97.1 Å². The van der Waals surface area contributed by atoms with Crippen molar-refractivity contribution in [3.05, 3.63) is 171 Å². The molecule has 5 aromatic carbocycles. The van der Waals surface area contributed by atoms with E-state index in [9.17, 15) is 15.0 Å². The van der Waals surface area contributed by atoms with Crippen molar-refractivity contribution >= 4 is 29.2 Å². The number of rotatable bonds is 21. The average molecular weight is 757 g/mol. The molecule has 0 spiro atoms. The van der Waals surface area contributed by atoms with Crippen LogP contribution in [0.3, 0.4) is 0 Å². The molecule has 0 bridgehead atoms. The van der Waals surface area contributed by atoms with Gasteiger partial charge in [0.2, 0.25) is 0 Å². The summed E-state index contributed by atoms with van der Waals surface area (Å²) in [6.45, 7) is 2.77. The first kappa shape index (κ1) is 40.1. The zero-order valence-electron chi connectivity index (χ0n) is 29.8. The first-order valence-electron chi connectivity index (χ1n) is 18.0. The lowest BCUT2D eigenvalue weighted by atomic mass is 9.69. The number of aliphatic hydroxyl groups is 2. The highest BCUT2D eigenvalue weighted by atomic mass is 35.5. The number of hydrogen-bond donors (Lipinski definition) is 3. The molecular weight excluding hydrogens is 709 g/mol. The van der Waals surface area contributed by atoms with Gasteiger partial charge in [0.05, 0.1) is 32.5 Å². The van der Waals surface area contributed by atoms with E-state index >= 15 is 0 Å². The number of benzene rings is 5. The highest BCUT2D eigenvalue weighted by molar-refractivity contribution is 6.35. The summed E-state index contributed by atoms with van der Waals surface area (Å²) in [5.74, 6) is -0.256. The summed E-state index contributed by atoms with van der Waals surface area (Å²) in [5, 5.41) is 25.8. The van der Waals surface area contributed by atoms with E-state index in [1.165, 1.54) is 0 Å². The topological polar surface area (TPSA) is 97.3 Å². The number of halogens is 2. The SMILES string of the molecule is O=C(Oc1ccc(C(O)CNCCCCCCOCCOCc2c(Cl)cccc2Cl)cc1CO)C(c1ccccc1)(c1ccccc1)c1ccccc1. The second-order valence-electron chi connectivity index (χ2n) is 12.8. The van der Waals surface area contributed by atoms with Crippen LogP contribution in [-0.4, -0.2) is 49.1 Å². The number of carbonyl (C=O) groups excluding carboxylic acids is 1. The van der Waals surface area contributed by atoms with Gasteiger partial charge in [-0.05, 0) is 65.9 Å². The third-order valence-corrected chi connectivity index (χ3v) is 9.89. The smallest absolute Gasteiger partial charge is 0.331 e. The molecule has 7 nitrogen and oxygen atoms in total. The molecule has 53 heavy (non-hydrogen) atoms. The van der Waals surface area contributed by atoms with Crippen molar-refractivity contribution in [3.63, 3.8) is 0 Å². The van der Waals surface area contributed by atoms with Gasteiger partial charge in [-0.15, -0.1) is 0 Å².